The summed E-state index contributed by atoms with van der Waals surface area (Å²) in [6.07, 6.45) is 0.522. The van der Waals surface area contributed by atoms with Crippen LogP contribution in [0.3, 0.4) is 0 Å². The Balaban J connectivity index is 1.66. The number of benzene rings is 1. The minimum Gasteiger partial charge on any atom is -0.361 e. The lowest BCUT2D eigenvalue weighted by Crippen LogP contribution is -2.38. The molecule has 1 aromatic carbocycles. The first-order chi connectivity index (χ1) is 15.3. The van der Waals surface area contributed by atoms with Gasteiger partial charge in [0.2, 0.25) is 5.91 Å². The van der Waals surface area contributed by atoms with Gasteiger partial charge in [0, 0.05) is 37.2 Å². The monoisotopic (exact) mass is 437 g/mol. The van der Waals surface area contributed by atoms with Gasteiger partial charge in [-0.3, -0.25) is 14.7 Å². The molecule has 2 N–H and O–H groups in total. The van der Waals surface area contributed by atoms with Crippen LogP contribution in [0.5, 0.6) is 0 Å². The number of carbonyl (C=O) groups is 2. The molecule has 0 unspecified atom stereocenters. The van der Waals surface area contributed by atoms with Gasteiger partial charge in [0.05, 0.1) is 6.04 Å². The van der Waals surface area contributed by atoms with Crippen molar-refractivity contribution in [3.63, 3.8) is 0 Å². The number of aryl methyl sites for hydroxylation is 1. The summed E-state index contributed by atoms with van der Waals surface area (Å²) in [5.41, 5.74) is 1.92. The van der Waals surface area contributed by atoms with E-state index in [0.717, 1.165) is 11.1 Å². The van der Waals surface area contributed by atoms with Crippen molar-refractivity contribution in [3.8, 4) is 11.4 Å². The van der Waals surface area contributed by atoms with E-state index < -0.39 is 0 Å². The number of hydrogen-bond donors (Lipinski definition) is 2. The Bertz CT molecular complexity index is 1110. The fraction of sp³-hybridized carbons (Fsp3) is 0.409. The maximum absolute atomic E-state index is 13.6. The molecule has 0 aliphatic carbocycles. The largest absolute Gasteiger partial charge is 0.361 e. The maximum atomic E-state index is 13.6. The molecule has 0 bridgehead atoms. The van der Waals surface area contributed by atoms with Crippen LogP contribution in [-0.2, 0) is 11.3 Å². The molecule has 4 rings (SSSR count). The standard InChI is InChI=1S/C22H27N7O3/c1-13-17(12-28(3)4)19(27-32-13)22(31)29-11-16(23-14(2)30)10-18(29)21-24-20(25-26-21)15-8-6-5-7-9-15/h5-9,16,18H,10-12H2,1-4H3,(H,23,30)(H,24,25,26)/t16-,18-/m0/s1. The fourth-order valence-corrected chi connectivity index (χ4v) is 4.05. The summed E-state index contributed by atoms with van der Waals surface area (Å²) >= 11 is 0. The predicted octanol–water partition coefficient (Wildman–Crippen LogP) is 1.92. The second-order valence-corrected chi connectivity index (χ2v) is 8.32. The molecule has 3 aromatic rings. The van der Waals surface area contributed by atoms with E-state index >= 15 is 0 Å². The summed E-state index contributed by atoms with van der Waals surface area (Å²) in [5.74, 6) is 1.34. The van der Waals surface area contributed by atoms with Crippen LogP contribution >= 0.6 is 0 Å². The van der Waals surface area contributed by atoms with Crippen LogP contribution in [0.1, 0.15) is 47.0 Å². The van der Waals surface area contributed by atoms with Crippen molar-refractivity contribution < 1.29 is 14.1 Å². The van der Waals surface area contributed by atoms with Crippen LogP contribution in [-0.4, -0.2) is 68.6 Å². The molecule has 10 heteroatoms. The first-order valence-electron chi connectivity index (χ1n) is 10.5. The highest BCUT2D eigenvalue weighted by atomic mass is 16.5. The molecule has 10 nitrogen and oxygen atoms in total. The number of nitrogens with one attached hydrogen (secondary N) is 2. The van der Waals surface area contributed by atoms with E-state index in [-0.39, 0.29) is 29.6 Å². The van der Waals surface area contributed by atoms with Crippen LogP contribution in [0.4, 0.5) is 0 Å². The molecule has 2 aromatic heterocycles. The minimum absolute atomic E-state index is 0.142. The number of likely N-dealkylation sites (tertiary alicyclic amines) is 1. The van der Waals surface area contributed by atoms with Crippen molar-refractivity contribution >= 4 is 11.8 Å². The molecule has 32 heavy (non-hydrogen) atoms. The lowest BCUT2D eigenvalue weighted by Gasteiger charge is -2.22. The second-order valence-electron chi connectivity index (χ2n) is 8.32. The summed E-state index contributed by atoms with van der Waals surface area (Å²) in [4.78, 5) is 33.5. The van der Waals surface area contributed by atoms with Gasteiger partial charge in [-0.05, 0) is 27.4 Å². The number of hydrogen-bond acceptors (Lipinski definition) is 7. The fourth-order valence-electron chi connectivity index (χ4n) is 4.05. The van der Waals surface area contributed by atoms with Crippen molar-refractivity contribution in [1.29, 1.82) is 0 Å². The quantitative estimate of drug-likeness (QED) is 0.604. The van der Waals surface area contributed by atoms with E-state index in [9.17, 15) is 9.59 Å². The Morgan fingerprint density at radius 1 is 1.28 bits per heavy atom. The van der Waals surface area contributed by atoms with E-state index in [0.29, 0.717) is 36.9 Å². The molecule has 1 aliphatic heterocycles. The number of aromatic amines is 1. The molecular weight excluding hydrogens is 410 g/mol. The topological polar surface area (TPSA) is 120 Å². The minimum atomic E-state index is -0.381. The van der Waals surface area contributed by atoms with Gasteiger partial charge in [0.15, 0.2) is 11.5 Å². The SMILES string of the molecule is CC(=O)N[C@H]1C[C@@H](c2nc(-c3ccccc3)n[nH]2)N(C(=O)c2noc(C)c2CN(C)C)C1. The highest BCUT2D eigenvalue weighted by Crippen LogP contribution is 2.33. The molecule has 1 aliphatic rings. The summed E-state index contributed by atoms with van der Waals surface area (Å²) in [5, 5.41) is 14.3. The highest BCUT2D eigenvalue weighted by Gasteiger charge is 2.40. The first-order valence-corrected chi connectivity index (χ1v) is 10.5. The Labute approximate surface area is 186 Å². The maximum Gasteiger partial charge on any atom is 0.277 e. The zero-order valence-electron chi connectivity index (χ0n) is 18.6. The normalized spacial score (nSPS) is 18.3. The van der Waals surface area contributed by atoms with Crippen molar-refractivity contribution in [3.05, 3.63) is 53.2 Å². The number of rotatable bonds is 6. The van der Waals surface area contributed by atoms with Crippen molar-refractivity contribution in [2.45, 2.75) is 38.9 Å². The average molecular weight is 438 g/mol. The zero-order valence-corrected chi connectivity index (χ0v) is 18.6. The van der Waals surface area contributed by atoms with Crippen LogP contribution in [0.2, 0.25) is 0 Å². The number of amides is 2. The van der Waals surface area contributed by atoms with E-state index in [1.54, 1.807) is 11.8 Å². The van der Waals surface area contributed by atoms with E-state index in [2.05, 4.69) is 25.7 Å². The highest BCUT2D eigenvalue weighted by molar-refractivity contribution is 5.94. The molecule has 2 atom stereocenters. The van der Waals surface area contributed by atoms with Crippen LogP contribution in [0.25, 0.3) is 11.4 Å². The van der Waals surface area contributed by atoms with E-state index in [4.69, 9.17) is 4.52 Å². The van der Waals surface area contributed by atoms with Gasteiger partial charge in [-0.1, -0.05) is 35.5 Å². The summed E-state index contributed by atoms with van der Waals surface area (Å²) < 4.78 is 5.34. The summed E-state index contributed by atoms with van der Waals surface area (Å²) in [6.45, 7) is 4.15. The van der Waals surface area contributed by atoms with Crippen LogP contribution < -0.4 is 5.32 Å². The van der Waals surface area contributed by atoms with Crippen LogP contribution in [0.15, 0.2) is 34.9 Å². The van der Waals surface area contributed by atoms with Crippen molar-refractivity contribution in [1.82, 2.24) is 35.5 Å². The molecular formula is C22H27N7O3. The van der Waals surface area contributed by atoms with Crippen LogP contribution in [0, 0.1) is 6.92 Å². The van der Waals surface area contributed by atoms with Gasteiger partial charge in [-0.25, -0.2) is 4.98 Å². The average Bonchev–Trinajstić information content (AvgIpc) is 3.47. The smallest absolute Gasteiger partial charge is 0.277 e. The first kappa shape index (κ1) is 21.7. The number of carbonyl (C=O) groups excluding carboxylic acids is 2. The van der Waals surface area contributed by atoms with Gasteiger partial charge in [0.25, 0.3) is 5.91 Å². The Morgan fingerprint density at radius 2 is 2.03 bits per heavy atom. The van der Waals surface area contributed by atoms with Gasteiger partial charge < -0.3 is 19.6 Å². The Morgan fingerprint density at radius 3 is 2.72 bits per heavy atom. The van der Waals surface area contributed by atoms with Gasteiger partial charge in [-0.15, -0.1) is 0 Å². The summed E-state index contributed by atoms with van der Waals surface area (Å²) in [6, 6.07) is 9.04. The lowest BCUT2D eigenvalue weighted by atomic mass is 10.1. The Kier molecular flexibility index (Phi) is 6.04. The van der Waals surface area contributed by atoms with E-state index in [1.807, 2.05) is 49.3 Å². The summed E-state index contributed by atoms with van der Waals surface area (Å²) in [7, 11) is 3.84. The molecule has 1 fully saturated rings. The van der Waals surface area contributed by atoms with Gasteiger partial charge in [0.1, 0.15) is 11.6 Å². The predicted molar refractivity (Wildman–Crippen MR) is 116 cm³/mol. The number of nitrogens with zero attached hydrogens (tertiary/aromatic N) is 5. The number of aromatic nitrogens is 4. The molecule has 0 spiro atoms. The van der Waals surface area contributed by atoms with Crippen molar-refractivity contribution in [2.24, 2.45) is 0 Å². The zero-order chi connectivity index (χ0) is 22.8. The van der Waals surface area contributed by atoms with Crippen molar-refractivity contribution in [2.75, 3.05) is 20.6 Å². The third-order valence-electron chi connectivity index (χ3n) is 5.48. The molecule has 1 saturated heterocycles. The van der Waals surface area contributed by atoms with E-state index in [1.165, 1.54) is 6.92 Å². The van der Waals surface area contributed by atoms with Gasteiger partial charge in [-0.2, -0.15) is 5.10 Å². The van der Waals surface area contributed by atoms with Gasteiger partial charge >= 0.3 is 0 Å². The second kappa shape index (κ2) is 8.91. The lowest BCUT2D eigenvalue weighted by molar-refractivity contribution is -0.119. The Hall–Kier alpha value is -3.53. The molecule has 2 amide bonds. The molecule has 0 saturated carbocycles. The molecule has 3 heterocycles. The molecule has 0 radical (unpaired) electrons. The number of H-pyrrole nitrogens is 1. The third kappa shape index (κ3) is 4.40. The molecule has 168 valence electrons. The third-order valence-corrected chi connectivity index (χ3v) is 5.48.